The van der Waals surface area contributed by atoms with Crippen molar-refractivity contribution in [2.24, 2.45) is 5.41 Å². The molecule has 0 aromatic heterocycles. The lowest BCUT2D eigenvalue weighted by Gasteiger charge is -2.38. The highest BCUT2D eigenvalue weighted by molar-refractivity contribution is 5.77. The average Bonchev–Trinajstić information content (AvgIpc) is 1.83. The van der Waals surface area contributed by atoms with Crippen LogP contribution in [0.3, 0.4) is 0 Å². The second kappa shape index (κ2) is 2.73. The molecule has 0 spiro atoms. The molecule has 12 heavy (non-hydrogen) atoms. The van der Waals surface area contributed by atoms with Crippen LogP contribution < -0.4 is 0 Å². The molecule has 3 nitrogen and oxygen atoms in total. The van der Waals surface area contributed by atoms with Crippen molar-refractivity contribution in [2.45, 2.75) is 45.1 Å². The normalized spacial score (nSPS) is 34.6. The minimum Gasteiger partial charge on any atom is -0.479 e. The topological polar surface area (TPSA) is 57.5 Å². The van der Waals surface area contributed by atoms with E-state index in [-0.39, 0.29) is 5.41 Å². The fourth-order valence-electron chi connectivity index (χ4n) is 2.01. The van der Waals surface area contributed by atoms with E-state index in [2.05, 4.69) is 0 Å². The third-order valence-corrected chi connectivity index (χ3v) is 2.61. The number of carbonyl (C=O) groups is 1. The summed E-state index contributed by atoms with van der Waals surface area (Å²) in [5.41, 5.74) is -1.51. The van der Waals surface area contributed by atoms with Crippen LogP contribution in [0.1, 0.15) is 39.5 Å². The molecule has 0 bridgehead atoms. The largest absolute Gasteiger partial charge is 0.479 e. The summed E-state index contributed by atoms with van der Waals surface area (Å²) in [6.45, 7) is 4.00. The van der Waals surface area contributed by atoms with Gasteiger partial charge in [0.05, 0.1) is 0 Å². The number of rotatable bonds is 1. The maximum atomic E-state index is 10.7. The van der Waals surface area contributed by atoms with E-state index >= 15 is 0 Å². The Morgan fingerprint density at radius 3 is 2.25 bits per heavy atom. The Hall–Kier alpha value is -0.570. The summed E-state index contributed by atoms with van der Waals surface area (Å²) in [7, 11) is 0. The number of carboxylic acid groups (broad SMARTS) is 1. The predicted molar refractivity (Wildman–Crippen MR) is 44.8 cm³/mol. The number of carboxylic acids is 1. The van der Waals surface area contributed by atoms with Gasteiger partial charge in [-0.3, -0.25) is 0 Å². The number of aliphatic carboxylic acids is 1. The van der Waals surface area contributed by atoms with Crippen LogP contribution in [0.15, 0.2) is 0 Å². The van der Waals surface area contributed by atoms with E-state index in [1.54, 1.807) is 0 Å². The molecule has 70 valence electrons. The Morgan fingerprint density at radius 2 is 1.92 bits per heavy atom. The van der Waals surface area contributed by atoms with E-state index in [1.165, 1.54) is 0 Å². The van der Waals surface area contributed by atoms with Gasteiger partial charge in [-0.15, -0.1) is 0 Å². The van der Waals surface area contributed by atoms with Gasteiger partial charge in [-0.2, -0.15) is 0 Å². The van der Waals surface area contributed by atoms with Crippen LogP contribution in [-0.4, -0.2) is 21.8 Å². The molecule has 1 rings (SSSR count). The van der Waals surface area contributed by atoms with Crippen molar-refractivity contribution in [1.29, 1.82) is 0 Å². The fourth-order valence-corrected chi connectivity index (χ4v) is 2.01. The van der Waals surface area contributed by atoms with Gasteiger partial charge in [-0.05, 0) is 31.1 Å². The molecule has 0 aliphatic heterocycles. The van der Waals surface area contributed by atoms with E-state index < -0.39 is 11.6 Å². The van der Waals surface area contributed by atoms with Crippen molar-refractivity contribution in [3.05, 3.63) is 0 Å². The molecule has 3 heteroatoms. The van der Waals surface area contributed by atoms with Gasteiger partial charge in [0.25, 0.3) is 0 Å². The van der Waals surface area contributed by atoms with Gasteiger partial charge in [0, 0.05) is 0 Å². The predicted octanol–water partition coefficient (Wildman–Crippen LogP) is 1.40. The van der Waals surface area contributed by atoms with Crippen LogP contribution in [0.4, 0.5) is 0 Å². The van der Waals surface area contributed by atoms with Gasteiger partial charge in [0.1, 0.15) is 0 Å². The van der Waals surface area contributed by atoms with Crippen molar-refractivity contribution in [3.8, 4) is 0 Å². The first-order valence-electron chi connectivity index (χ1n) is 4.32. The van der Waals surface area contributed by atoms with E-state index in [9.17, 15) is 9.90 Å². The van der Waals surface area contributed by atoms with Gasteiger partial charge in [-0.1, -0.05) is 13.8 Å². The SMILES string of the molecule is CC1(C)CCC[C@](O)(C(=O)O)C1. The zero-order valence-corrected chi connectivity index (χ0v) is 7.63. The lowest BCUT2D eigenvalue weighted by atomic mass is 9.70. The van der Waals surface area contributed by atoms with Crippen molar-refractivity contribution < 1.29 is 15.0 Å². The molecule has 0 aromatic rings. The first-order valence-corrected chi connectivity index (χ1v) is 4.32. The molecule has 1 fully saturated rings. The first-order chi connectivity index (χ1) is 5.36. The van der Waals surface area contributed by atoms with Crippen molar-refractivity contribution in [1.82, 2.24) is 0 Å². The molecule has 0 radical (unpaired) electrons. The highest BCUT2D eigenvalue weighted by Gasteiger charge is 2.43. The minimum absolute atomic E-state index is 0.0363. The summed E-state index contributed by atoms with van der Waals surface area (Å²) < 4.78 is 0. The average molecular weight is 172 g/mol. The summed E-state index contributed by atoms with van der Waals surface area (Å²) in [5, 5.41) is 18.5. The quantitative estimate of drug-likeness (QED) is 0.628. The molecule has 1 aliphatic rings. The number of aliphatic hydroxyl groups is 1. The van der Waals surface area contributed by atoms with Crippen molar-refractivity contribution in [2.75, 3.05) is 0 Å². The molecule has 2 N–H and O–H groups in total. The summed E-state index contributed by atoms with van der Waals surface area (Å²) in [6.07, 6.45) is 2.57. The molecule has 0 unspecified atom stereocenters. The van der Waals surface area contributed by atoms with Crippen molar-refractivity contribution >= 4 is 5.97 Å². The molecule has 0 amide bonds. The van der Waals surface area contributed by atoms with Gasteiger partial charge in [0.2, 0.25) is 0 Å². The fraction of sp³-hybridized carbons (Fsp3) is 0.889. The van der Waals surface area contributed by atoms with Crippen LogP contribution in [0, 0.1) is 5.41 Å². The molecule has 0 saturated heterocycles. The molecular weight excluding hydrogens is 156 g/mol. The van der Waals surface area contributed by atoms with Gasteiger partial charge in [0.15, 0.2) is 5.60 Å². The lowest BCUT2D eigenvalue weighted by Crippen LogP contribution is -2.45. The van der Waals surface area contributed by atoms with Gasteiger partial charge >= 0.3 is 5.97 Å². The zero-order valence-electron chi connectivity index (χ0n) is 7.63. The van der Waals surface area contributed by atoms with Crippen LogP contribution in [-0.2, 0) is 4.79 Å². The van der Waals surface area contributed by atoms with Crippen LogP contribution >= 0.6 is 0 Å². The van der Waals surface area contributed by atoms with E-state index in [1.807, 2.05) is 13.8 Å². The maximum Gasteiger partial charge on any atom is 0.335 e. The highest BCUT2D eigenvalue weighted by Crippen LogP contribution is 2.40. The monoisotopic (exact) mass is 172 g/mol. The summed E-state index contributed by atoms with van der Waals surface area (Å²) in [6, 6.07) is 0. The maximum absolute atomic E-state index is 10.7. The van der Waals surface area contributed by atoms with E-state index in [0.717, 1.165) is 12.8 Å². The molecule has 1 aliphatic carbocycles. The minimum atomic E-state index is -1.47. The second-order valence-electron chi connectivity index (χ2n) is 4.53. The third-order valence-electron chi connectivity index (χ3n) is 2.61. The Morgan fingerprint density at radius 1 is 1.33 bits per heavy atom. The molecule has 1 atom stereocenters. The van der Waals surface area contributed by atoms with Crippen molar-refractivity contribution in [3.63, 3.8) is 0 Å². The van der Waals surface area contributed by atoms with Crippen LogP contribution in [0.25, 0.3) is 0 Å². The van der Waals surface area contributed by atoms with Crippen LogP contribution in [0.2, 0.25) is 0 Å². The summed E-state index contributed by atoms with van der Waals surface area (Å²) in [4.78, 5) is 10.7. The lowest BCUT2D eigenvalue weighted by molar-refractivity contribution is -0.166. The van der Waals surface area contributed by atoms with Gasteiger partial charge in [-0.25, -0.2) is 4.79 Å². The third kappa shape index (κ3) is 1.78. The number of hydrogen-bond donors (Lipinski definition) is 2. The van der Waals surface area contributed by atoms with E-state index in [4.69, 9.17) is 5.11 Å². The van der Waals surface area contributed by atoms with E-state index in [0.29, 0.717) is 12.8 Å². The highest BCUT2D eigenvalue weighted by atomic mass is 16.4. The Kier molecular flexibility index (Phi) is 2.17. The molecular formula is C9H16O3. The Balaban J connectivity index is 2.74. The first kappa shape index (κ1) is 9.52. The second-order valence-corrected chi connectivity index (χ2v) is 4.53. The molecule has 1 saturated carbocycles. The summed E-state index contributed by atoms with van der Waals surface area (Å²) >= 11 is 0. The number of hydrogen-bond acceptors (Lipinski definition) is 2. The van der Waals surface area contributed by atoms with Crippen LogP contribution in [0.5, 0.6) is 0 Å². The smallest absolute Gasteiger partial charge is 0.335 e. The zero-order chi connectivity index (χ0) is 9.41. The molecule has 0 aromatic carbocycles. The standard InChI is InChI=1S/C9H16O3/c1-8(2)4-3-5-9(12,6-8)7(10)11/h12H,3-6H2,1-2H3,(H,10,11)/t9-/m1/s1. The summed E-state index contributed by atoms with van der Waals surface area (Å²) in [5.74, 6) is -1.07. The Labute approximate surface area is 72.4 Å². The Bertz CT molecular complexity index is 198. The molecule has 0 heterocycles. The van der Waals surface area contributed by atoms with Gasteiger partial charge < -0.3 is 10.2 Å².